The van der Waals surface area contributed by atoms with Gasteiger partial charge in [-0.05, 0) is 5.92 Å². The maximum atomic E-state index is 12.3. The standard InChI is InChI=1S/C16H26Cl2N4O2/c1-10(2)8-22(15(24)14(17)18)9-13(23)19-12-7-11(16(3,4)5)20-21(12)6/h7,10,14H,8-9H2,1-6H3,(H,19,23). The Morgan fingerprint density at radius 3 is 2.33 bits per heavy atom. The predicted molar refractivity (Wildman–Crippen MR) is 97.4 cm³/mol. The van der Waals surface area contributed by atoms with Crippen LogP contribution in [0.25, 0.3) is 0 Å². The van der Waals surface area contributed by atoms with Crippen LogP contribution < -0.4 is 5.32 Å². The number of nitrogens with zero attached hydrogens (tertiary/aromatic N) is 3. The van der Waals surface area contributed by atoms with Gasteiger partial charge in [0.15, 0.2) is 4.84 Å². The van der Waals surface area contributed by atoms with Gasteiger partial charge in [-0.25, -0.2) is 0 Å². The van der Waals surface area contributed by atoms with E-state index >= 15 is 0 Å². The second kappa shape index (κ2) is 8.21. The first kappa shape index (κ1) is 20.8. The third-order valence-electron chi connectivity index (χ3n) is 3.33. The van der Waals surface area contributed by atoms with E-state index < -0.39 is 10.7 Å². The summed E-state index contributed by atoms with van der Waals surface area (Å²) in [7, 11) is 1.76. The van der Waals surface area contributed by atoms with Crippen molar-refractivity contribution in [1.82, 2.24) is 14.7 Å². The lowest BCUT2D eigenvalue weighted by Gasteiger charge is -2.24. The van der Waals surface area contributed by atoms with E-state index in [2.05, 4.69) is 10.4 Å². The fraction of sp³-hybridized carbons (Fsp3) is 0.688. The van der Waals surface area contributed by atoms with Crippen molar-refractivity contribution in [2.45, 2.75) is 44.9 Å². The van der Waals surface area contributed by atoms with Crippen LogP contribution in [-0.2, 0) is 22.1 Å². The number of anilines is 1. The molecule has 0 spiro atoms. The van der Waals surface area contributed by atoms with E-state index in [0.717, 1.165) is 5.69 Å². The predicted octanol–water partition coefficient (Wildman–Crippen LogP) is 2.94. The molecule has 1 aromatic heterocycles. The maximum absolute atomic E-state index is 12.3. The van der Waals surface area contributed by atoms with Crippen LogP contribution in [0, 0.1) is 5.92 Å². The number of amides is 2. The fourth-order valence-corrected chi connectivity index (χ4v) is 2.39. The Morgan fingerprint density at radius 2 is 1.92 bits per heavy atom. The molecular weight excluding hydrogens is 351 g/mol. The quantitative estimate of drug-likeness (QED) is 0.775. The van der Waals surface area contributed by atoms with Gasteiger partial charge in [-0.15, -0.1) is 0 Å². The van der Waals surface area contributed by atoms with Gasteiger partial charge >= 0.3 is 0 Å². The molecule has 0 atom stereocenters. The average molecular weight is 377 g/mol. The molecule has 0 fully saturated rings. The molecule has 0 bridgehead atoms. The molecule has 1 aromatic rings. The average Bonchev–Trinajstić information content (AvgIpc) is 2.77. The highest BCUT2D eigenvalue weighted by Crippen LogP contribution is 2.23. The largest absolute Gasteiger partial charge is 0.331 e. The van der Waals surface area contributed by atoms with E-state index in [9.17, 15) is 9.59 Å². The molecule has 6 nitrogen and oxygen atoms in total. The van der Waals surface area contributed by atoms with E-state index in [1.807, 2.05) is 40.7 Å². The highest BCUT2D eigenvalue weighted by molar-refractivity contribution is 6.53. The van der Waals surface area contributed by atoms with Crippen LogP contribution in [0.4, 0.5) is 5.82 Å². The Kier molecular flexibility index (Phi) is 7.10. The summed E-state index contributed by atoms with van der Waals surface area (Å²) in [6.07, 6.45) is 0. The Bertz CT molecular complexity index is 591. The lowest BCUT2D eigenvalue weighted by atomic mass is 9.92. The SMILES string of the molecule is CC(C)CN(CC(=O)Nc1cc(C(C)(C)C)nn1C)C(=O)C(Cl)Cl. The minimum absolute atomic E-state index is 0.108. The van der Waals surface area contributed by atoms with E-state index in [-0.39, 0.29) is 23.8 Å². The van der Waals surface area contributed by atoms with Crippen molar-refractivity contribution in [3.05, 3.63) is 11.8 Å². The van der Waals surface area contributed by atoms with Crippen molar-refractivity contribution in [3.63, 3.8) is 0 Å². The highest BCUT2D eigenvalue weighted by atomic mass is 35.5. The third kappa shape index (κ3) is 5.98. The van der Waals surface area contributed by atoms with Gasteiger partial charge in [-0.3, -0.25) is 14.3 Å². The molecule has 1 heterocycles. The van der Waals surface area contributed by atoms with Crippen molar-refractivity contribution in [2.75, 3.05) is 18.4 Å². The van der Waals surface area contributed by atoms with Crippen molar-refractivity contribution in [2.24, 2.45) is 13.0 Å². The molecule has 0 saturated carbocycles. The molecule has 0 unspecified atom stereocenters. The van der Waals surface area contributed by atoms with Gasteiger partial charge in [-0.2, -0.15) is 5.10 Å². The number of carbonyl (C=O) groups excluding carboxylic acids is 2. The second-order valence-corrected chi connectivity index (χ2v) is 8.35. The van der Waals surface area contributed by atoms with E-state index in [0.29, 0.717) is 12.4 Å². The van der Waals surface area contributed by atoms with Crippen LogP contribution >= 0.6 is 23.2 Å². The summed E-state index contributed by atoms with van der Waals surface area (Å²) in [6.45, 7) is 10.3. The summed E-state index contributed by atoms with van der Waals surface area (Å²) in [5.41, 5.74) is 0.752. The normalized spacial score (nSPS) is 11.9. The number of carbonyl (C=O) groups is 2. The van der Waals surface area contributed by atoms with Crippen molar-refractivity contribution >= 4 is 40.8 Å². The van der Waals surface area contributed by atoms with Crippen molar-refractivity contribution < 1.29 is 9.59 Å². The summed E-state index contributed by atoms with van der Waals surface area (Å²) >= 11 is 11.3. The monoisotopic (exact) mass is 376 g/mol. The van der Waals surface area contributed by atoms with Gasteiger partial charge in [0.25, 0.3) is 5.91 Å². The number of nitrogens with one attached hydrogen (secondary N) is 1. The molecule has 2 amide bonds. The second-order valence-electron chi connectivity index (χ2n) is 7.25. The number of hydrogen-bond acceptors (Lipinski definition) is 3. The Hall–Kier alpha value is -1.27. The number of aryl methyl sites for hydroxylation is 1. The first-order valence-corrected chi connectivity index (χ1v) is 8.70. The van der Waals surface area contributed by atoms with Gasteiger partial charge in [0.1, 0.15) is 5.82 Å². The molecule has 8 heteroatoms. The lowest BCUT2D eigenvalue weighted by molar-refractivity contribution is -0.133. The first-order valence-electron chi connectivity index (χ1n) is 7.83. The van der Waals surface area contributed by atoms with Crippen molar-refractivity contribution in [3.8, 4) is 0 Å². The van der Waals surface area contributed by atoms with Crippen LogP contribution in [0.2, 0.25) is 0 Å². The molecule has 0 aliphatic carbocycles. The first-order chi connectivity index (χ1) is 10.9. The van der Waals surface area contributed by atoms with Gasteiger partial charge < -0.3 is 10.2 Å². The smallest absolute Gasteiger partial charge is 0.256 e. The van der Waals surface area contributed by atoms with Gasteiger partial charge in [0.05, 0.1) is 12.2 Å². The Morgan fingerprint density at radius 1 is 1.33 bits per heavy atom. The molecular formula is C16H26Cl2N4O2. The zero-order valence-electron chi connectivity index (χ0n) is 15.1. The topological polar surface area (TPSA) is 67.2 Å². The number of hydrogen-bond donors (Lipinski definition) is 1. The minimum atomic E-state index is -1.18. The van der Waals surface area contributed by atoms with Gasteiger partial charge in [0.2, 0.25) is 5.91 Å². The van der Waals surface area contributed by atoms with E-state index in [1.54, 1.807) is 11.7 Å². The van der Waals surface area contributed by atoms with Crippen LogP contribution in [0.5, 0.6) is 0 Å². The van der Waals surface area contributed by atoms with E-state index in [4.69, 9.17) is 23.2 Å². The summed E-state index contributed by atoms with van der Waals surface area (Å²) in [6, 6.07) is 1.83. The molecule has 0 aliphatic rings. The van der Waals surface area contributed by atoms with Crippen LogP contribution in [0.15, 0.2) is 6.07 Å². The highest BCUT2D eigenvalue weighted by Gasteiger charge is 2.24. The number of halogens is 2. The van der Waals surface area contributed by atoms with Crippen molar-refractivity contribution in [1.29, 1.82) is 0 Å². The molecule has 0 aromatic carbocycles. The van der Waals surface area contributed by atoms with Gasteiger partial charge in [-0.1, -0.05) is 57.8 Å². The molecule has 1 N–H and O–H groups in total. The maximum Gasteiger partial charge on any atom is 0.256 e. The minimum Gasteiger partial charge on any atom is -0.331 e. The summed E-state index contributed by atoms with van der Waals surface area (Å²) in [4.78, 5) is 24.5. The molecule has 0 aliphatic heterocycles. The van der Waals surface area contributed by atoms with E-state index in [1.165, 1.54) is 4.90 Å². The van der Waals surface area contributed by atoms with Gasteiger partial charge in [0, 0.05) is 25.1 Å². The molecule has 0 radical (unpaired) electrons. The third-order valence-corrected chi connectivity index (χ3v) is 3.71. The molecule has 1 rings (SSSR count). The Balaban J connectivity index is 2.83. The Labute approximate surface area is 153 Å². The zero-order chi connectivity index (χ0) is 18.7. The molecule has 0 saturated heterocycles. The summed E-state index contributed by atoms with van der Waals surface area (Å²) < 4.78 is 1.61. The summed E-state index contributed by atoms with van der Waals surface area (Å²) in [5.74, 6) is -0.0165. The molecule has 24 heavy (non-hydrogen) atoms. The molecule has 136 valence electrons. The number of rotatable bonds is 6. The lowest BCUT2D eigenvalue weighted by Crippen LogP contribution is -2.42. The van der Waals surface area contributed by atoms with Crippen LogP contribution in [-0.4, -0.2) is 44.4 Å². The number of aromatic nitrogens is 2. The summed E-state index contributed by atoms with van der Waals surface area (Å²) in [5, 5.41) is 7.19. The van der Waals surface area contributed by atoms with Crippen LogP contribution in [0.1, 0.15) is 40.3 Å². The fourth-order valence-electron chi connectivity index (χ4n) is 2.12. The number of alkyl halides is 2. The zero-order valence-corrected chi connectivity index (χ0v) is 16.6. The van der Waals surface area contributed by atoms with Crippen LogP contribution in [0.3, 0.4) is 0 Å².